The lowest BCUT2D eigenvalue weighted by atomic mass is 9.68. The van der Waals surface area contributed by atoms with Crippen LogP contribution >= 0.6 is 23.5 Å². The van der Waals surface area contributed by atoms with Crippen LogP contribution < -0.4 is 0 Å². The molecule has 4 nitrogen and oxygen atoms in total. The van der Waals surface area contributed by atoms with E-state index in [4.69, 9.17) is 17.5 Å². The minimum absolute atomic E-state index is 0.221. The van der Waals surface area contributed by atoms with Crippen molar-refractivity contribution in [2.45, 2.75) is 181 Å². The van der Waals surface area contributed by atoms with Gasteiger partial charge in [0, 0.05) is 44.2 Å². The van der Waals surface area contributed by atoms with E-state index in [2.05, 4.69) is 53.7 Å². The molecule has 0 bridgehead atoms. The summed E-state index contributed by atoms with van der Waals surface area (Å²) in [5.74, 6) is -0.443. The first-order valence-electron chi connectivity index (χ1n) is 21.4. The maximum Gasteiger partial charge on any atom is 0.136 e. The molecule has 3 aromatic carbocycles. The monoisotopic (exact) mass is 770 g/mol. The summed E-state index contributed by atoms with van der Waals surface area (Å²) in [6, 6.07) is 4.48. The fraction of sp³-hybridized carbons (Fsp3) is 0.609. The first kappa shape index (κ1) is 39.4. The number of fused-ring (bicyclic) bond motifs is 10. The molecule has 0 saturated carbocycles. The van der Waals surface area contributed by atoms with Crippen molar-refractivity contribution in [3.8, 4) is 22.3 Å². The van der Waals surface area contributed by atoms with Crippen molar-refractivity contribution in [3.63, 3.8) is 0 Å². The third-order valence-corrected chi connectivity index (χ3v) is 14.2. The van der Waals surface area contributed by atoms with Crippen LogP contribution in [0, 0.1) is 25.5 Å². The first-order chi connectivity index (χ1) is 26.3. The normalized spacial score (nSPS) is 15.0. The van der Waals surface area contributed by atoms with Gasteiger partial charge in [-0.2, -0.15) is 17.5 Å². The number of aryl methyl sites for hydroxylation is 2. The molecule has 5 aromatic rings. The molecular weight excluding hydrogens is 711 g/mol. The number of aromatic nitrogens is 4. The number of halogens is 2. The van der Waals surface area contributed by atoms with Gasteiger partial charge in [-0.05, 0) is 61.8 Å². The molecule has 0 amide bonds. The van der Waals surface area contributed by atoms with E-state index in [1.165, 1.54) is 23.5 Å². The molecule has 0 fully saturated rings. The van der Waals surface area contributed by atoms with Crippen LogP contribution in [0.4, 0.5) is 8.78 Å². The maximum absolute atomic E-state index is 18.9. The first-order valence-corrected chi connectivity index (χ1v) is 22.9. The van der Waals surface area contributed by atoms with Crippen molar-refractivity contribution < 1.29 is 8.78 Å². The molecule has 0 unspecified atom stereocenters. The van der Waals surface area contributed by atoms with Crippen molar-refractivity contribution in [2.75, 3.05) is 0 Å². The van der Waals surface area contributed by atoms with Crippen LogP contribution in [-0.4, -0.2) is 17.5 Å². The smallest absolute Gasteiger partial charge is 0.136 e. The SMILES string of the molecule is CCCCCCC1(CCCCCC)c2cc(C)c3nsnc3c2-c2c(F)c3c(c(F)c21)-c1c(cc(C)c2nsnc12)C3(CCCCCC)CCCCCC. The second kappa shape index (κ2) is 16.7. The van der Waals surface area contributed by atoms with Gasteiger partial charge >= 0.3 is 0 Å². The van der Waals surface area contributed by atoms with Crippen LogP contribution in [-0.2, 0) is 10.8 Å². The predicted molar refractivity (Wildman–Crippen MR) is 225 cm³/mol. The van der Waals surface area contributed by atoms with Gasteiger partial charge in [0.05, 0.1) is 23.5 Å². The molecule has 0 radical (unpaired) electrons. The Hall–Kier alpha value is -2.84. The van der Waals surface area contributed by atoms with Crippen LogP contribution in [0.15, 0.2) is 12.1 Å². The Balaban J connectivity index is 1.58. The highest BCUT2D eigenvalue weighted by atomic mass is 32.1. The van der Waals surface area contributed by atoms with Crippen molar-refractivity contribution in [2.24, 2.45) is 0 Å². The fourth-order valence-electron chi connectivity index (χ4n) is 10.5. The van der Waals surface area contributed by atoms with E-state index in [9.17, 15) is 0 Å². The summed E-state index contributed by atoms with van der Waals surface area (Å²) in [4.78, 5) is 0. The van der Waals surface area contributed by atoms with Crippen molar-refractivity contribution in [3.05, 3.63) is 57.1 Å². The van der Waals surface area contributed by atoms with Crippen LogP contribution in [0.1, 0.15) is 189 Å². The van der Waals surface area contributed by atoms with Crippen LogP contribution in [0.25, 0.3) is 44.3 Å². The van der Waals surface area contributed by atoms with E-state index in [1.54, 1.807) is 0 Å². The molecular formula is C46H60F2N4S2. The Bertz CT molecular complexity index is 1940. The topological polar surface area (TPSA) is 51.6 Å². The van der Waals surface area contributed by atoms with E-state index >= 15 is 8.78 Å². The minimum Gasteiger partial charge on any atom is -0.206 e. The molecule has 2 aliphatic rings. The van der Waals surface area contributed by atoms with Crippen LogP contribution in [0.3, 0.4) is 0 Å². The zero-order valence-electron chi connectivity index (χ0n) is 33.7. The third-order valence-electron chi connectivity index (χ3n) is 13.2. The van der Waals surface area contributed by atoms with Gasteiger partial charge in [-0.1, -0.05) is 143 Å². The zero-order valence-corrected chi connectivity index (χ0v) is 35.3. The summed E-state index contributed by atoms with van der Waals surface area (Å²) in [6.45, 7) is 13.1. The Labute approximate surface area is 330 Å². The highest BCUT2D eigenvalue weighted by Gasteiger charge is 2.54. The molecule has 0 atom stereocenters. The molecule has 2 aliphatic carbocycles. The van der Waals surface area contributed by atoms with Gasteiger partial charge in [0.2, 0.25) is 0 Å². The Kier molecular flexibility index (Phi) is 12.2. The van der Waals surface area contributed by atoms with Gasteiger partial charge in [0.1, 0.15) is 33.7 Å². The molecule has 0 saturated heterocycles. The summed E-state index contributed by atoms with van der Waals surface area (Å²) in [6.07, 6.45) is 20.5. The van der Waals surface area contributed by atoms with E-state index in [0.29, 0.717) is 22.3 Å². The van der Waals surface area contributed by atoms with Gasteiger partial charge in [-0.3, -0.25) is 0 Å². The van der Waals surface area contributed by atoms with Crippen LogP contribution in [0.2, 0.25) is 0 Å². The van der Waals surface area contributed by atoms with E-state index in [0.717, 1.165) is 184 Å². The predicted octanol–water partition coefficient (Wildman–Crippen LogP) is 15.0. The van der Waals surface area contributed by atoms with Crippen molar-refractivity contribution in [1.29, 1.82) is 0 Å². The van der Waals surface area contributed by atoms with E-state index in [1.807, 2.05) is 0 Å². The number of hydrogen-bond acceptors (Lipinski definition) is 6. The van der Waals surface area contributed by atoms with Crippen LogP contribution in [0.5, 0.6) is 0 Å². The number of hydrogen-bond donors (Lipinski definition) is 0. The summed E-state index contributed by atoms with van der Waals surface area (Å²) < 4.78 is 57.0. The molecule has 2 heterocycles. The van der Waals surface area contributed by atoms with E-state index in [-0.39, 0.29) is 11.6 Å². The standard InChI is InChI=1S/C46H60F2N4S2/c1-7-11-15-19-23-45(24-20-16-12-8-2)31-27-29(5)41-43(51-53-49-41)33(31)35-37(45)39(47)36-34-32(28-30(6)42-44(34)52-54-50-42)46(38(36)40(35)48,25-21-17-13-9-3)26-22-18-14-10-4/h27-28H,7-26H2,1-6H3. The van der Waals surface area contributed by atoms with E-state index < -0.39 is 10.8 Å². The Morgan fingerprint density at radius 1 is 0.444 bits per heavy atom. The van der Waals surface area contributed by atoms with Gasteiger partial charge in [0.25, 0.3) is 0 Å². The molecule has 2 aromatic heterocycles. The number of unbranched alkanes of at least 4 members (excludes halogenated alkanes) is 12. The van der Waals surface area contributed by atoms with Gasteiger partial charge in [-0.15, -0.1) is 0 Å². The highest BCUT2D eigenvalue weighted by molar-refractivity contribution is 7.00. The fourth-order valence-corrected chi connectivity index (χ4v) is 11.7. The zero-order chi connectivity index (χ0) is 38.0. The molecule has 290 valence electrons. The summed E-state index contributed by atoms with van der Waals surface area (Å²) in [5, 5.41) is 0. The summed E-state index contributed by atoms with van der Waals surface area (Å²) in [7, 11) is 0. The molecule has 0 spiro atoms. The average molecular weight is 771 g/mol. The second-order valence-corrected chi connectivity index (χ2v) is 17.7. The summed E-state index contributed by atoms with van der Waals surface area (Å²) >= 11 is 2.37. The van der Waals surface area contributed by atoms with Crippen molar-refractivity contribution >= 4 is 45.5 Å². The molecule has 7 rings (SSSR count). The van der Waals surface area contributed by atoms with Crippen molar-refractivity contribution in [1.82, 2.24) is 17.5 Å². The quantitative estimate of drug-likeness (QED) is 0.0740. The summed E-state index contributed by atoms with van der Waals surface area (Å²) in [5.41, 5.74) is 9.80. The average Bonchev–Trinajstić information content (AvgIpc) is 3.96. The maximum atomic E-state index is 18.9. The lowest BCUT2D eigenvalue weighted by Gasteiger charge is -2.35. The third kappa shape index (κ3) is 6.43. The number of benzene rings is 3. The second-order valence-electron chi connectivity index (χ2n) is 16.7. The largest absolute Gasteiger partial charge is 0.206 e. The number of nitrogens with zero attached hydrogens (tertiary/aromatic N) is 4. The Morgan fingerprint density at radius 2 is 0.759 bits per heavy atom. The van der Waals surface area contributed by atoms with Gasteiger partial charge < -0.3 is 0 Å². The van der Waals surface area contributed by atoms with Gasteiger partial charge in [0.15, 0.2) is 0 Å². The highest BCUT2D eigenvalue weighted by Crippen LogP contribution is 2.65. The molecule has 54 heavy (non-hydrogen) atoms. The molecule has 0 N–H and O–H groups in total. The number of rotatable bonds is 20. The van der Waals surface area contributed by atoms with Gasteiger partial charge in [-0.25, -0.2) is 8.78 Å². The lowest BCUT2D eigenvalue weighted by molar-refractivity contribution is 0.377. The molecule has 8 heteroatoms. The minimum atomic E-state index is -0.646. The lowest BCUT2D eigenvalue weighted by Crippen LogP contribution is -2.29. The Morgan fingerprint density at radius 3 is 1.07 bits per heavy atom. The molecule has 0 aliphatic heterocycles.